The van der Waals surface area contributed by atoms with Crippen LogP contribution < -0.4 is 10.2 Å². The number of hydrogen-bond acceptors (Lipinski definition) is 4. The molecule has 1 aliphatic rings. The molecule has 0 atom stereocenters. The summed E-state index contributed by atoms with van der Waals surface area (Å²) in [6.45, 7) is 4.03. The summed E-state index contributed by atoms with van der Waals surface area (Å²) < 4.78 is 0. The van der Waals surface area contributed by atoms with Crippen LogP contribution in [0.4, 0.5) is 5.82 Å². The molecular weight excluding hydrogens is 216 g/mol. The number of amides is 1. The van der Waals surface area contributed by atoms with Gasteiger partial charge in [-0.25, -0.2) is 9.97 Å². The third-order valence-electron chi connectivity index (χ3n) is 2.87. The summed E-state index contributed by atoms with van der Waals surface area (Å²) in [4.78, 5) is 21.7. The Labute approximate surface area is 101 Å². The van der Waals surface area contributed by atoms with E-state index in [1.54, 1.807) is 6.20 Å². The molecule has 92 valence electrons. The molecule has 0 aliphatic carbocycles. The molecule has 1 aliphatic heterocycles. The predicted octanol–water partition coefficient (Wildman–Crippen LogP) is 1.10. The SMILES string of the molecule is CC(=O)NCc1nccc(N2CCCCC2)n1. The van der Waals surface area contributed by atoms with Crippen LogP contribution in [0.5, 0.6) is 0 Å². The topological polar surface area (TPSA) is 58.1 Å². The Morgan fingerprint density at radius 3 is 2.88 bits per heavy atom. The summed E-state index contributed by atoms with van der Waals surface area (Å²) in [5.74, 6) is 1.58. The zero-order chi connectivity index (χ0) is 12.1. The third kappa shape index (κ3) is 3.41. The van der Waals surface area contributed by atoms with E-state index in [4.69, 9.17) is 0 Å². The molecule has 1 aromatic rings. The summed E-state index contributed by atoms with van der Waals surface area (Å²) in [5.41, 5.74) is 0. The van der Waals surface area contributed by atoms with Crippen LogP contribution in [0.2, 0.25) is 0 Å². The average Bonchev–Trinajstić information content (AvgIpc) is 2.38. The van der Waals surface area contributed by atoms with Gasteiger partial charge in [0.2, 0.25) is 5.91 Å². The van der Waals surface area contributed by atoms with Gasteiger partial charge in [0.25, 0.3) is 0 Å². The molecule has 5 nitrogen and oxygen atoms in total. The van der Waals surface area contributed by atoms with Crippen LogP contribution in [0.3, 0.4) is 0 Å². The minimum Gasteiger partial charge on any atom is -0.357 e. The standard InChI is InChI=1S/C12H18N4O/c1-10(17)14-9-11-13-6-5-12(15-11)16-7-3-2-4-8-16/h5-6H,2-4,7-9H2,1H3,(H,14,17). The van der Waals surface area contributed by atoms with Crippen molar-refractivity contribution >= 4 is 11.7 Å². The van der Waals surface area contributed by atoms with Crippen LogP contribution in [-0.2, 0) is 11.3 Å². The van der Waals surface area contributed by atoms with Crippen molar-refractivity contribution in [2.75, 3.05) is 18.0 Å². The van der Waals surface area contributed by atoms with Gasteiger partial charge < -0.3 is 10.2 Å². The summed E-state index contributed by atoms with van der Waals surface area (Å²) in [5, 5.41) is 2.71. The molecule has 1 N–H and O–H groups in total. The zero-order valence-corrected chi connectivity index (χ0v) is 10.1. The number of carbonyl (C=O) groups excluding carboxylic acids is 1. The highest BCUT2D eigenvalue weighted by Gasteiger charge is 2.12. The van der Waals surface area contributed by atoms with Crippen molar-refractivity contribution in [3.05, 3.63) is 18.1 Å². The van der Waals surface area contributed by atoms with E-state index in [0.717, 1.165) is 18.9 Å². The monoisotopic (exact) mass is 234 g/mol. The van der Waals surface area contributed by atoms with Crippen molar-refractivity contribution in [3.63, 3.8) is 0 Å². The summed E-state index contributed by atoms with van der Waals surface area (Å²) in [6.07, 6.45) is 5.52. The molecule has 0 saturated carbocycles. The normalized spacial score (nSPS) is 15.7. The number of anilines is 1. The number of nitrogens with zero attached hydrogens (tertiary/aromatic N) is 3. The Morgan fingerprint density at radius 2 is 2.18 bits per heavy atom. The highest BCUT2D eigenvalue weighted by atomic mass is 16.1. The molecule has 1 aromatic heterocycles. The lowest BCUT2D eigenvalue weighted by Gasteiger charge is -2.27. The minimum atomic E-state index is -0.0584. The minimum absolute atomic E-state index is 0.0584. The van der Waals surface area contributed by atoms with Crippen molar-refractivity contribution in [1.82, 2.24) is 15.3 Å². The van der Waals surface area contributed by atoms with E-state index in [9.17, 15) is 4.79 Å². The molecule has 0 aromatic carbocycles. The van der Waals surface area contributed by atoms with E-state index >= 15 is 0 Å². The summed E-state index contributed by atoms with van der Waals surface area (Å²) >= 11 is 0. The number of piperidine rings is 1. The van der Waals surface area contributed by atoms with Gasteiger partial charge in [0.1, 0.15) is 11.6 Å². The maximum Gasteiger partial charge on any atom is 0.217 e. The molecule has 1 fully saturated rings. The first-order chi connectivity index (χ1) is 8.25. The van der Waals surface area contributed by atoms with Crippen LogP contribution >= 0.6 is 0 Å². The van der Waals surface area contributed by atoms with E-state index in [-0.39, 0.29) is 5.91 Å². The molecule has 0 radical (unpaired) electrons. The van der Waals surface area contributed by atoms with Crippen molar-refractivity contribution in [2.24, 2.45) is 0 Å². The number of nitrogens with one attached hydrogen (secondary N) is 1. The Hall–Kier alpha value is -1.65. The molecule has 0 unspecified atom stereocenters. The zero-order valence-electron chi connectivity index (χ0n) is 10.1. The van der Waals surface area contributed by atoms with E-state index in [1.165, 1.54) is 26.2 Å². The van der Waals surface area contributed by atoms with Gasteiger partial charge in [-0.2, -0.15) is 0 Å². The Morgan fingerprint density at radius 1 is 1.41 bits per heavy atom. The molecule has 0 spiro atoms. The van der Waals surface area contributed by atoms with Crippen molar-refractivity contribution in [2.45, 2.75) is 32.7 Å². The second kappa shape index (κ2) is 5.61. The predicted molar refractivity (Wildman–Crippen MR) is 65.6 cm³/mol. The quantitative estimate of drug-likeness (QED) is 0.851. The molecule has 0 bridgehead atoms. The fraction of sp³-hybridized carbons (Fsp3) is 0.583. The van der Waals surface area contributed by atoms with Gasteiger partial charge in [0, 0.05) is 26.2 Å². The van der Waals surface area contributed by atoms with Gasteiger partial charge in [-0.15, -0.1) is 0 Å². The van der Waals surface area contributed by atoms with Gasteiger partial charge in [-0.05, 0) is 25.3 Å². The fourth-order valence-electron chi connectivity index (χ4n) is 1.98. The first-order valence-corrected chi connectivity index (χ1v) is 6.07. The molecule has 1 saturated heterocycles. The molecule has 5 heteroatoms. The lowest BCUT2D eigenvalue weighted by molar-refractivity contribution is -0.119. The first-order valence-electron chi connectivity index (χ1n) is 6.07. The maximum atomic E-state index is 10.8. The first kappa shape index (κ1) is 11.8. The molecule has 17 heavy (non-hydrogen) atoms. The maximum absolute atomic E-state index is 10.8. The Balaban J connectivity index is 2.02. The Bertz CT molecular complexity index is 388. The molecular formula is C12H18N4O. The van der Waals surface area contributed by atoms with Gasteiger partial charge in [0.15, 0.2) is 0 Å². The number of carbonyl (C=O) groups is 1. The third-order valence-corrected chi connectivity index (χ3v) is 2.87. The van der Waals surface area contributed by atoms with Gasteiger partial charge in [-0.1, -0.05) is 0 Å². The average molecular weight is 234 g/mol. The van der Waals surface area contributed by atoms with Crippen LogP contribution in [0.15, 0.2) is 12.3 Å². The van der Waals surface area contributed by atoms with Crippen LogP contribution in [-0.4, -0.2) is 29.0 Å². The van der Waals surface area contributed by atoms with Crippen molar-refractivity contribution in [3.8, 4) is 0 Å². The van der Waals surface area contributed by atoms with E-state index in [1.807, 2.05) is 6.07 Å². The van der Waals surface area contributed by atoms with Crippen LogP contribution in [0.1, 0.15) is 32.0 Å². The fourth-order valence-corrected chi connectivity index (χ4v) is 1.98. The van der Waals surface area contributed by atoms with Crippen LogP contribution in [0, 0.1) is 0 Å². The van der Waals surface area contributed by atoms with E-state index in [2.05, 4.69) is 20.2 Å². The number of aromatic nitrogens is 2. The lowest BCUT2D eigenvalue weighted by atomic mass is 10.1. The van der Waals surface area contributed by atoms with Gasteiger partial charge in [-0.3, -0.25) is 4.79 Å². The van der Waals surface area contributed by atoms with E-state index < -0.39 is 0 Å². The second-order valence-electron chi connectivity index (χ2n) is 4.29. The lowest BCUT2D eigenvalue weighted by Crippen LogP contribution is -2.30. The molecule has 1 amide bonds. The highest BCUT2D eigenvalue weighted by molar-refractivity contribution is 5.72. The van der Waals surface area contributed by atoms with Crippen molar-refractivity contribution in [1.29, 1.82) is 0 Å². The highest BCUT2D eigenvalue weighted by Crippen LogP contribution is 2.16. The number of hydrogen-bond donors (Lipinski definition) is 1. The Kier molecular flexibility index (Phi) is 3.90. The van der Waals surface area contributed by atoms with Gasteiger partial charge in [0.05, 0.1) is 6.54 Å². The van der Waals surface area contributed by atoms with Gasteiger partial charge >= 0.3 is 0 Å². The van der Waals surface area contributed by atoms with Crippen molar-refractivity contribution < 1.29 is 4.79 Å². The summed E-state index contributed by atoms with van der Waals surface area (Å²) in [7, 11) is 0. The van der Waals surface area contributed by atoms with E-state index in [0.29, 0.717) is 12.4 Å². The molecule has 2 heterocycles. The molecule has 2 rings (SSSR count). The summed E-state index contributed by atoms with van der Waals surface area (Å²) in [6, 6.07) is 1.93. The smallest absolute Gasteiger partial charge is 0.217 e. The number of rotatable bonds is 3. The largest absolute Gasteiger partial charge is 0.357 e. The van der Waals surface area contributed by atoms with Crippen LogP contribution in [0.25, 0.3) is 0 Å². The second-order valence-corrected chi connectivity index (χ2v) is 4.29.